The fourth-order valence-corrected chi connectivity index (χ4v) is 4.16. The van der Waals surface area contributed by atoms with Crippen molar-refractivity contribution in [1.29, 1.82) is 0 Å². The summed E-state index contributed by atoms with van der Waals surface area (Å²) in [5.74, 6) is 1.27. The van der Waals surface area contributed by atoms with Gasteiger partial charge < -0.3 is 19.4 Å². The largest absolute Gasteiger partial charge is 0.454 e. The lowest BCUT2D eigenvalue weighted by molar-refractivity contribution is 0.0933. The molecule has 3 aromatic rings. The molecule has 0 saturated carbocycles. The topological polar surface area (TPSA) is 52.5 Å². The van der Waals surface area contributed by atoms with Crippen molar-refractivity contribution < 1.29 is 14.3 Å². The van der Waals surface area contributed by atoms with E-state index < -0.39 is 0 Å². The molecule has 1 aliphatic heterocycles. The van der Waals surface area contributed by atoms with Gasteiger partial charge in [0.15, 0.2) is 11.5 Å². The van der Waals surface area contributed by atoms with Crippen molar-refractivity contribution in [2.24, 2.45) is 7.05 Å². The van der Waals surface area contributed by atoms with E-state index in [1.165, 1.54) is 22.2 Å². The van der Waals surface area contributed by atoms with E-state index in [1.54, 1.807) is 18.2 Å². The molecule has 0 fully saturated rings. The van der Waals surface area contributed by atoms with E-state index in [0.29, 0.717) is 17.1 Å². The minimum absolute atomic E-state index is 0.0583. The van der Waals surface area contributed by atoms with Crippen molar-refractivity contribution in [3.8, 4) is 11.5 Å². The number of aromatic nitrogens is 1. The Bertz CT molecular complexity index is 1020. The number of carbonyl (C=O) groups excluding carboxylic acids is 1. The molecule has 2 aromatic carbocycles. The summed E-state index contributed by atoms with van der Waals surface area (Å²) in [6.07, 6.45) is 2.80. The number of aryl methyl sites for hydroxylation is 1. The first-order valence-electron chi connectivity index (χ1n) is 8.96. The fourth-order valence-electron chi connectivity index (χ4n) is 4.16. The average molecular weight is 348 g/mol. The highest BCUT2D eigenvalue weighted by molar-refractivity contribution is 5.95. The van der Waals surface area contributed by atoms with Crippen LogP contribution in [0.1, 0.15) is 28.0 Å². The number of rotatable bonds is 2. The molecule has 0 saturated heterocycles. The van der Waals surface area contributed by atoms with Crippen molar-refractivity contribution >= 4 is 16.8 Å². The van der Waals surface area contributed by atoms with Gasteiger partial charge >= 0.3 is 0 Å². The smallest absolute Gasteiger partial charge is 0.251 e. The lowest BCUT2D eigenvalue weighted by Gasteiger charge is -2.24. The van der Waals surface area contributed by atoms with Crippen LogP contribution in [0, 0.1) is 0 Å². The maximum Gasteiger partial charge on any atom is 0.251 e. The number of fused-ring (bicyclic) bond motifs is 4. The highest BCUT2D eigenvalue weighted by atomic mass is 16.7. The highest BCUT2D eigenvalue weighted by Gasteiger charge is 2.26. The van der Waals surface area contributed by atoms with Gasteiger partial charge in [0.2, 0.25) is 6.79 Å². The van der Waals surface area contributed by atoms with E-state index in [9.17, 15) is 4.79 Å². The monoisotopic (exact) mass is 348 g/mol. The number of nitrogens with one attached hydrogen (secondary N) is 1. The van der Waals surface area contributed by atoms with E-state index >= 15 is 0 Å². The first-order chi connectivity index (χ1) is 12.7. The van der Waals surface area contributed by atoms with Gasteiger partial charge in [0.05, 0.1) is 0 Å². The summed E-state index contributed by atoms with van der Waals surface area (Å²) >= 11 is 0. The van der Waals surface area contributed by atoms with Gasteiger partial charge in [0.1, 0.15) is 0 Å². The Morgan fingerprint density at radius 1 is 1.15 bits per heavy atom. The second-order valence-electron chi connectivity index (χ2n) is 6.98. The van der Waals surface area contributed by atoms with E-state index in [-0.39, 0.29) is 18.7 Å². The molecular weight excluding hydrogens is 328 g/mol. The van der Waals surface area contributed by atoms with Crippen molar-refractivity contribution in [3.63, 3.8) is 0 Å². The van der Waals surface area contributed by atoms with Gasteiger partial charge in [-0.05, 0) is 49.1 Å². The molecule has 1 unspecified atom stereocenters. The molecule has 1 aliphatic carbocycles. The summed E-state index contributed by atoms with van der Waals surface area (Å²) in [6.45, 7) is 0.215. The Morgan fingerprint density at radius 2 is 2.00 bits per heavy atom. The lowest BCUT2D eigenvalue weighted by atomic mass is 9.91. The number of ether oxygens (including phenoxy) is 2. The van der Waals surface area contributed by atoms with Crippen LogP contribution in [0.4, 0.5) is 0 Å². The molecule has 2 heterocycles. The van der Waals surface area contributed by atoms with E-state index in [4.69, 9.17) is 9.47 Å². The molecule has 1 amide bonds. The van der Waals surface area contributed by atoms with Crippen LogP contribution in [0.3, 0.4) is 0 Å². The van der Waals surface area contributed by atoms with E-state index in [0.717, 1.165) is 19.3 Å². The number of nitrogens with zero attached hydrogens (tertiary/aromatic N) is 1. The molecule has 0 radical (unpaired) electrons. The Morgan fingerprint density at radius 3 is 2.92 bits per heavy atom. The van der Waals surface area contributed by atoms with Crippen molar-refractivity contribution in [1.82, 2.24) is 9.88 Å². The molecule has 1 N–H and O–H groups in total. The Labute approximate surface area is 151 Å². The van der Waals surface area contributed by atoms with Gasteiger partial charge in [-0.25, -0.2) is 0 Å². The van der Waals surface area contributed by atoms with Gasteiger partial charge in [-0.2, -0.15) is 0 Å². The number of para-hydroxylation sites is 1. The summed E-state index contributed by atoms with van der Waals surface area (Å²) in [7, 11) is 2.13. The Hall–Kier alpha value is -2.95. The number of hydrogen-bond donors (Lipinski definition) is 1. The normalized spacial score (nSPS) is 18.0. The van der Waals surface area contributed by atoms with E-state index in [2.05, 4.69) is 41.2 Å². The van der Waals surface area contributed by atoms with Crippen molar-refractivity contribution in [3.05, 3.63) is 59.3 Å². The maximum absolute atomic E-state index is 12.7. The van der Waals surface area contributed by atoms with Crippen LogP contribution in [0.15, 0.2) is 42.5 Å². The molecule has 2 aliphatic rings. The van der Waals surface area contributed by atoms with Crippen LogP contribution >= 0.6 is 0 Å². The zero-order valence-corrected chi connectivity index (χ0v) is 14.6. The van der Waals surface area contributed by atoms with Gasteiger partial charge in [-0.3, -0.25) is 4.79 Å². The second kappa shape index (κ2) is 5.80. The second-order valence-corrected chi connectivity index (χ2v) is 6.98. The third-order valence-electron chi connectivity index (χ3n) is 5.49. The number of benzene rings is 2. The SMILES string of the molecule is Cn1c2c(c3ccccc31)CC(NC(=O)c1ccc3c(c1)OCO3)CC2. The summed E-state index contributed by atoms with van der Waals surface area (Å²) in [5, 5.41) is 4.49. The average Bonchev–Trinajstić information content (AvgIpc) is 3.25. The van der Waals surface area contributed by atoms with Crippen molar-refractivity contribution in [2.45, 2.75) is 25.3 Å². The van der Waals surface area contributed by atoms with Crippen LogP contribution in [-0.2, 0) is 19.9 Å². The predicted octanol–water partition coefficient (Wildman–Crippen LogP) is 3.19. The molecule has 1 aromatic heterocycles. The summed E-state index contributed by atoms with van der Waals surface area (Å²) in [4.78, 5) is 12.7. The molecule has 5 nitrogen and oxygen atoms in total. The first kappa shape index (κ1) is 15.3. The molecule has 5 rings (SSSR count). The zero-order valence-electron chi connectivity index (χ0n) is 14.6. The van der Waals surface area contributed by atoms with Crippen LogP contribution in [0.2, 0.25) is 0 Å². The van der Waals surface area contributed by atoms with Gasteiger partial charge in [0, 0.05) is 35.2 Å². The third-order valence-corrected chi connectivity index (χ3v) is 5.49. The van der Waals surface area contributed by atoms with Crippen LogP contribution in [0.5, 0.6) is 11.5 Å². The standard InChI is InChI=1S/C21H20N2O3/c1-23-17-5-3-2-4-15(17)16-11-14(7-8-18(16)23)22-21(24)13-6-9-19-20(10-13)26-12-25-19/h2-6,9-10,14H,7-8,11-12H2,1H3,(H,22,24). The van der Waals surface area contributed by atoms with Crippen LogP contribution < -0.4 is 14.8 Å². The Balaban J connectivity index is 1.38. The first-order valence-corrected chi connectivity index (χ1v) is 8.96. The summed E-state index contributed by atoms with van der Waals surface area (Å²) < 4.78 is 13.0. The van der Waals surface area contributed by atoms with Crippen LogP contribution in [-0.4, -0.2) is 23.3 Å². The predicted molar refractivity (Wildman–Crippen MR) is 98.8 cm³/mol. The molecule has 0 spiro atoms. The van der Waals surface area contributed by atoms with Gasteiger partial charge in [-0.1, -0.05) is 18.2 Å². The Kier molecular flexibility index (Phi) is 3.42. The molecule has 1 atom stereocenters. The molecule has 0 bridgehead atoms. The number of hydrogen-bond acceptors (Lipinski definition) is 3. The number of carbonyl (C=O) groups is 1. The minimum Gasteiger partial charge on any atom is -0.454 e. The zero-order chi connectivity index (χ0) is 17.7. The summed E-state index contributed by atoms with van der Waals surface area (Å²) in [5.41, 5.74) is 4.63. The quantitative estimate of drug-likeness (QED) is 0.774. The fraction of sp³-hybridized carbons (Fsp3) is 0.286. The molecular formula is C21H20N2O3. The van der Waals surface area contributed by atoms with Gasteiger partial charge in [-0.15, -0.1) is 0 Å². The van der Waals surface area contributed by atoms with Gasteiger partial charge in [0.25, 0.3) is 5.91 Å². The lowest BCUT2D eigenvalue weighted by Crippen LogP contribution is -2.38. The highest BCUT2D eigenvalue weighted by Crippen LogP contribution is 2.33. The minimum atomic E-state index is -0.0583. The third kappa shape index (κ3) is 2.35. The van der Waals surface area contributed by atoms with Crippen molar-refractivity contribution in [2.75, 3.05) is 6.79 Å². The molecule has 132 valence electrons. The maximum atomic E-state index is 12.7. The van der Waals surface area contributed by atoms with E-state index in [1.807, 2.05) is 0 Å². The molecule has 5 heteroatoms. The van der Waals surface area contributed by atoms with Crippen LogP contribution in [0.25, 0.3) is 10.9 Å². The number of amides is 1. The summed E-state index contributed by atoms with van der Waals surface area (Å²) in [6, 6.07) is 14.0. The molecule has 26 heavy (non-hydrogen) atoms.